The zero-order valence-electron chi connectivity index (χ0n) is 18.1. The summed E-state index contributed by atoms with van der Waals surface area (Å²) in [4.78, 5) is 14.0. The summed E-state index contributed by atoms with van der Waals surface area (Å²) in [6.07, 6.45) is 0. The molecule has 30 heavy (non-hydrogen) atoms. The smallest absolute Gasteiger partial charge is 0.255 e. The van der Waals surface area contributed by atoms with Crippen molar-refractivity contribution in [2.45, 2.75) is 44.3 Å². The molecule has 0 saturated heterocycles. The normalized spacial score (nSPS) is 10.8. The highest BCUT2D eigenvalue weighted by Gasteiger charge is 2.12. The van der Waals surface area contributed by atoms with Gasteiger partial charge in [0, 0.05) is 27.5 Å². The monoisotopic (exact) mass is 419 g/mol. The number of nitrogens with one attached hydrogen (secondary N) is 1. The summed E-state index contributed by atoms with van der Waals surface area (Å²) in [6.45, 7) is 8.96. The molecule has 0 aliphatic rings. The average molecular weight is 420 g/mol. The van der Waals surface area contributed by atoms with Crippen LogP contribution in [0.3, 0.4) is 0 Å². The van der Waals surface area contributed by atoms with Gasteiger partial charge in [-0.15, -0.1) is 11.8 Å². The number of aryl methyl sites for hydroxylation is 1. The Morgan fingerprint density at radius 2 is 1.70 bits per heavy atom. The average Bonchev–Trinajstić information content (AvgIpc) is 2.74. The molecule has 1 amide bonds. The SMILES string of the molecule is CCOc1ccc(C(=O)Nc2ccc(C(C)C)cc2)cc1CSc1ccc(C)cc1. The van der Waals surface area contributed by atoms with Crippen molar-refractivity contribution in [3.63, 3.8) is 0 Å². The molecule has 0 aliphatic carbocycles. The fourth-order valence-electron chi connectivity index (χ4n) is 3.08. The van der Waals surface area contributed by atoms with Gasteiger partial charge >= 0.3 is 0 Å². The van der Waals surface area contributed by atoms with Crippen molar-refractivity contribution in [2.75, 3.05) is 11.9 Å². The first-order valence-corrected chi connectivity index (χ1v) is 11.3. The molecule has 4 heteroatoms. The number of amides is 1. The summed E-state index contributed by atoms with van der Waals surface area (Å²) in [5, 5.41) is 3.00. The van der Waals surface area contributed by atoms with Crippen LogP contribution in [0.1, 0.15) is 53.7 Å². The molecule has 3 rings (SSSR count). The Balaban J connectivity index is 1.74. The van der Waals surface area contributed by atoms with E-state index in [4.69, 9.17) is 4.74 Å². The van der Waals surface area contributed by atoms with E-state index in [1.165, 1.54) is 16.0 Å². The van der Waals surface area contributed by atoms with E-state index in [1.54, 1.807) is 11.8 Å². The highest BCUT2D eigenvalue weighted by molar-refractivity contribution is 7.98. The van der Waals surface area contributed by atoms with Crippen LogP contribution in [-0.2, 0) is 5.75 Å². The van der Waals surface area contributed by atoms with Crippen molar-refractivity contribution < 1.29 is 9.53 Å². The van der Waals surface area contributed by atoms with E-state index < -0.39 is 0 Å². The van der Waals surface area contributed by atoms with Crippen molar-refractivity contribution in [1.82, 2.24) is 0 Å². The van der Waals surface area contributed by atoms with Gasteiger partial charge in [-0.05, 0) is 67.8 Å². The third-order valence-electron chi connectivity index (χ3n) is 4.87. The second-order valence-electron chi connectivity index (χ2n) is 7.59. The molecule has 1 N–H and O–H groups in total. The summed E-state index contributed by atoms with van der Waals surface area (Å²) in [5.74, 6) is 1.92. The first-order valence-electron chi connectivity index (χ1n) is 10.3. The number of hydrogen-bond donors (Lipinski definition) is 1. The quantitative estimate of drug-likeness (QED) is 0.397. The van der Waals surface area contributed by atoms with Crippen LogP contribution in [0.15, 0.2) is 71.6 Å². The Labute approximate surface area is 183 Å². The van der Waals surface area contributed by atoms with E-state index >= 15 is 0 Å². The van der Waals surface area contributed by atoms with Gasteiger partial charge in [0.25, 0.3) is 5.91 Å². The molecule has 0 unspecified atom stereocenters. The third kappa shape index (κ3) is 5.90. The van der Waals surface area contributed by atoms with E-state index in [1.807, 2.05) is 37.3 Å². The van der Waals surface area contributed by atoms with Crippen LogP contribution in [0.4, 0.5) is 5.69 Å². The molecule has 0 bridgehead atoms. The number of thioether (sulfide) groups is 1. The minimum atomic E-state index is -0.114. The summed E-state index contributed by atoms with van der Waals surface area (Å²) in [7, 11) is 0. The molecule has 0 aromatic heterocycles. The number of carbonyl (C=O) groups is 1. The minimum absolute atomic E-state index is 0.114. The molecule has 3 aromatic rings. The first-order chi connectivity index (χ1) is 14.5. The van der Waals surface area contributed by atoms with E-state index in [-0.39, 0.29) is 5.91 Å². The fraction of sp³-hybridized carbons (Fsp3) is 0.269. The van der Waals surface area contributed by atoms with Crippen LogP contribution in [0.5, 0.6) is 5.75 Å². The molecule has 0 atom stereocenters. The molecular formula is C26H29NO2S. The molecule has 0 radical (unpaired) electrons. The van der Waals surface area contributed by atoms with E-state index in [9.17, 15) is 4.79 Å². The van der Waals surface area contributed by atoms with Crippen molar-refractivity contribution in [2.24, 2.45) is 0 Å². The molecule has 0 fully saturated rings. The Bertz CT molecular complexity index is 979. The Kier molecular flexibility index (Phi) is 7.58. The zero-order chi connectivity index (χ0) is 21.5. The summed E-state index contributed by atoms with van der Waals surface area (Å²) in [5.41, 5.74) is 4.95. The lowest BCUT2D eigenvalue weighted by Crippen LogP contribution is -2.12. The van der Waals surface area contributed by atoms with Crippen LogP contribution in [0.25, 0.3) is 0 Å². The fourth-order valence-corrected chi connectivity index (χ4v) is 3.96. The molecule has 0 spiro atoms. The topological polar surface area (TPSA) is 38.3 Å². The van der Waals surface area contributed by atoms with Crippen molar-refractivity contribution in [3.8, 4) is 5.75 Å². The molecule has 0 aliphatic heterocycles. The maximum absolute atomic E-state index is 12.8. The largest absolute Gasteiger partial charge is 0.494 e. The molecule has 3 aromatic carbocycles. The maximum Gasteiger partial charge on any atom is 0.255 e. The number of ether oxygens (including phenoxy) is 1. The Hall–Kier alpha value is -2.72. The maximum atomic E-state index is 12.8. The molecule has 0 saturated carbocycles. The minimum Gasteiger partial charge on any atom is -0.494 e. The van der Waals surface area contributed by atoms with Crippen molar-refractivity contribution >= 4 is 23.4 Å². The van der Waals surface area contributed by atoms with Gasteiger partial charge in [0.1, 0.15) is 5.75 Å². The number of rotatable bonds is 8. The van der Waals surface area contributed by atoms with E-state index in [0.29, 0.717) is 18.1 Å². The second kappa shape index (κ2) is 10.4. The lowest BCUT2D eigenvalue weighted by atomic mass is 10.0. The highest BCUT2D eigenvalue weighted by atomic mass is 32.2. The molecule has 3 nitrogen and oxygen atoms in total. The third-order valence-corrected chi connectivity index (χ3v) is 5.93. The van der Waals surface area contributed by atoms with Gasteiger partial charge in [-0.2, -0.15) is 0 Å². The summed E-state index contributed by atoms with van der Waals surface area (Å²) >= 11 is 1.74. The predicted molar refractivity (Wildman–Crippen MR) is 127 cm³/mol. The van der Waals surface area contributed by atoms with Gasteiger partial charge in [0.15, 0.2) is 0 Å². The van der Waals surface area contributed by atoms with Gasteiger partial charge in [-0.3, -0.25) is 4.79 Å². The lowest BCUT2D eigenvalue weighted by molar-refractivity contribution is 0.102. The number of carbonyl (C=O) groups excluding carboxylic acids is 1. The summed E-state index contributed by atoms with van der Waals surface area (Å²) < 4.78 is 5.79. The van der Waals surface area contributed by atoms with Crippen LogP contribution in [0, 0.1) is 6.92 Å². The number of anilines is 1. The van der Waals surface area contributed by atoms with Crippen molar-refractivity contribution in [3.05, 3.63) is 89.0 Å². The van der Waals surface area contributed by atoms with Gasteiger partial charge in [-0.1, -0.05) is 43.7 Å². The molecule has 156 valence electrons. The predicted octanol–water partition coefficient (Wildman–Crippen LogP) is 7.06. The van der Waals surface area contributed by atoms with Crippen LogP contribution >= 0.6 is 11.8 Å². The van der Waals surface area contributed by atoms with Crippen molar-refractivity contribution in [1.29, 1.82) is 0 Å². The Morgan fingerprint density at radius 1 is 1.00 bits per heavy atom. The van der Waals surface area contributed by atoms with Gasteiger partial charge in [-0.25, -0.2) is 0 Å². The summed E-state index contributed by atoms with van der Waals surface area (Å²) in [6, 6.07) is 22.1. The van der Waals surface area contributed by atoms with E-state index in [0.717, 1.165) is 22.8 Å². The molecular weight excluding hydrogens is 390 g/mol. The highest BCUT2D eigenvalue weighted by Crippen LogP contribution is 2.29. The first kappa shape index (κ1) is 22.0. The van der Waals surface area contributed by atoms with Gasteiger partial charge in [0.2, 0.25) is 0 Å². The van der Waals surface area contributed by atoms with Crippen LogP contribution < -0.4 is 10.1 Å². The zero-order valence-corrected chi connectivity index (χ0v) is 18.9. The van der Waals surface area contributed by atoms with Crippen LogP contribution in [0.2, 0.25) is 0 Å². The number of hydrogen-bond acceptors (Lipinski definition) is 3. The second-order valence-corrected chi connectivity index (χ2v) is 8.64. The van der Waals surface area contributed by atoms with E-state index in [2.05, 4.69) is 62.5 Å². The number of benzene rings is 3. The van der Waals surface area contributed by atoms with Gasteiger partial charge in [0.05, 0.1) is 6.61 Å². The standard InChI is InChI=1S/C26H29NO2S/c1-5-29-25-15-10-21(16-22(25)17-30-24-13-6-19(4)7-14-24)26(28)27-23-11-8-20(9-12-23)18(2)3/h6-16,18H,5,17H2,1-4H3,(H,27,28). The Morgan fingerprint density at radius 3 is 2.33 bits per heavy atom. The molecule has 0 heterocycles. The van der Waals surface area contributed by atoms with Crippen LogP contribution in [-0.4, -0.2) is 12.5 Å². The van der Waals surface area contributed by atoms with Gasteiger partial charge < -0.3 is 10.1 Å². The lowest BCUT2D eigenvalue weighted by Gasteiger charge is -2.13.